The maximum absolute atomic E-state index is 14.0. The molecule has 0 N–H and O–H groups in total. The molecule has 1 unspecified atom stereocenters. The second-order valence-electron chi connectivity index (χ2n) is 8.86. The molecule has 6 nitrogen and oxygen atoms in total. The maximum atomic E-state index is 14.0. The van der Waals surface area contributed by atoms with Crippen molar-refractivity contribution >= 4 is 11.8 Å². The molecule has 176 valence electrons. The lowest BCUT2D eigenvalue weighted by atomic mass is 9.96. The lowest BCUT2D eigenvalue weighted by Crippen LogP contribution is -2.57. The van der Waals surface area contributed by atoms with E-state index in [1.54, 1.807) is 12.0 Å². The Labute approximate surface area is 196 Å². The summed E-state index contributed by atoms with van der Waals surface area (Å²) >= 11 is 0. The van der Waals surface area contributed by atoms with E-state index in [0.29, 0.717) is 24.7 Å². The monoisotopic (exact) mass is 450 g/mol. The number of hydrogen-bond acceptors (Lipinski definition) is 4. The standard InChI is InChI=1S/C27H34N2O4/c1-3-33-23-16-15-21(17-24(23)32-2)26-27(31)28(22-13-9-4-5-10-14-22)19-25(30)29(26)18-20-11-7-6-8-12-20/h6-8,11-12,15-17,22,26H,3-5,9-10,13-14,18-19H2,1-2H3. The largest absolute Gasteiger partial charge is 0.493 e. The Morgan fingerprint density at radius 2 is 1.67 bits per heavy atom. The first kappa shape index (κ1) is 23.1. The van der Waals surface area contributed by atoms with Gasteiger partial charge in [-0.1, -0.05) is 62.1 Å². The lowest BCUT2D eigenvalue weighted by Gasteiger charge is -2.43. The van der Waals surface area contributed by atoms with Crippen molar-refractivity contribution in [3.63, 3.8) is 0 Å². The number of hydrogen-bond donors (Lipinski definition) is 0. The van der Waals surface area contributed by atoms with E-state index in [1.807, 2.05) is 60.4 Å². The van der Waals surface area contributed by atoms with Crippen molar-refractivity contribution in [3.8, 4) is 11.5 Å². The Morgan fingerprint density at radius 3 is 2.33 bits per heavy atom. The Bertz CT molecular complexity index is 954. The number of methoxy groups -OCH3 is 1. The minimum absolute atomic E-state index is 0.00337. The molecule has 0 radical (unpaired) electrons. The summed E-state index contributed by atoms with van der Waals surface area (Å²) in [6.07, 6.45) is 6.56. The summed E-state index contributed by atoms with van der Waals surface area (Å²) in [4.78, 5) is 31.0. The van der Waals surface area contributed by atoms with Crippen molar-refractivity contribution in [2.45, 2.75) is 64.1 Å². The summed E-state index contributed by atoms with van der Waals surface area (Å²) in [5.74, 6) is 1.19. The number of benzene rings is 2. The third-order valence-corrected chi connectivity index (χ3v) is 6.72. The van der Waals surface area contributed by atoms with Gasteiger partial charge in [-0.25, -0.2) is 0 Å². The second kappa shape index (κ2) is 10.7. The summed E-state index contributed by atoms with van der Waals surface area (Å²) in [7, 11) is 1.59. The van der Waals surface area contributed by atoms with E-state index in [0.717, 1.165) is 36.8 Å². The first-order valence-corrected chi connectivity index (χ1v) is 12.1. The third-order valence-electron chi connectivity index (χ3n) is 6.72. The van der Waals surface area contributed by atoms with Crippen LogP contribution in [0.2, 0.25) is 0 Å². The van der Waals surface area contributed by atoms with E-state index in [2.05, 4.69) is 0 Å². The molecule has 6 heteroatoms. The van der Waals surface area contributed by atoms with Gasteiger partial charge >= 0.3 is 0 Å². The molecule has 1 saturated carbocycles. The molecule has 0 bridgehead atoms. The molecule has 1 atom stereocenters. The number of carbonyl (C=O) groups excluding carboxylic acids is 2. The Hall–Kier alpha value is -3.02. The molecule has 1 aliphatic heterocycles. The molecule has 1 saturated heterocycles. The summed E-state index contributed by atoms with van der Waals surface area (Å²) in [5.41, 5.74) is 1.76. The van der Waals surface area contributed by atoms with Gasteiger partial charge in [-0.15, -0.1) is 0 Å². The van der Waals surface area contributed by atoms with Crippen LogP contribution >= 0.6 is 0 Å². The molecule has 2 amide bonds. The van der Waals surface area contributed by atoms with E-state index in [4.69, 9.17) is 9.47 Å². The second-order valence-corrected chi connectivity index (χ2v) is 8.86. The molecule has 1 heterocycles. The fraction of sp³-hybridized carbons (Fsp3) is 0.481. The number of rotatable bonds is 7. The molecule has 33 heavy (non-hydrogen) atoms. The third kappa shape index (κ3) is 5.15. The van der Waals surface area contributed by atoms with Crippen molar-refractivity contribution in [2.75, 3.05) is 20.3 Å². The van der Waals surface area contributed by atoms with Gasteiger partial charge in [-0.05, 0) is 43.0 Å². The van der Waals surface area contributed by atoms with E-state index < -0.39 is 6.04 Å². The molecule has 0 aromatic heterocycles. The van der Waals surface area contributed by atoms with Crippen LogP contribution < -0.4 is 9.47 Å². The average Bonchev–Trinajstić information content (AvgIpc) is 3.12. The Morgan fingerprint density at radius 1 is 0.939 bits per heavy atom. The van der Waals surface area contributed by atoms with Crippen molar-refractivity contribution in [3.05, 3.63) is 59.7 Å². The SMILES string of the molecule is CCOc1ccc(C2C(=O)N(C3CCCCCC3)CC(=O)N2Cc2ccccc2)cc1OC. The molecule has 1 aliphatic carbocycles. The van der Waals surface area contributed by atoms with E-state index in [-0.39, 0.29) is 24.4 Å². The van der Waals surface area contributed by atoms with Crippen molar-refractivity contribution < 1.29 is 19.1 Å². The topological polar surface area (TPSA) is 59.1 Å². The highest BCUT2D eigenvalue weighted by atomic mass is 16.5. The number of nitrogens with zero attached hydrogens (tertiary/aromatic N) is 2. The first-order chi connectivity index (χ1) is 16.1. The predicted molar refractivity (Wildman–Crippen MR) is 127 cm³/mol. The molecule has 4 rings (SSSR count). The molecular formula is C27H34N2O4. The minimum atomic E-state index is -0.681. The van der Waals surface area contributed by atoms with Crippen LogP contribution in [0.1, 0.15) is 62.6 Å². The van der Waals surface area contributed by atoms with Crippen LogP contribution in [0.25, 0.3) is 0 Å². The fourth-order valence-electron chi connectivity index (χ4n) is 5.04. The van der Waals surface area contributed by atoms with Gasteiger partial charge in [0.05, 0.1) is 13.7 Å². The predicted octanol–water partition coefficient (Wildman–Crippen LogP) is 4.73. The Balaban J connectivity index is 1.71. The van der Waals surface area contributed by atoms with Crippen LogP contribution in [-0.2, 0) is 16.1 Å². The van der Waals surface area contributed by atoms with E-state index in [9.17, 15) is 9.59 Å². The molecule has 2 fully saturated rings. The van der Waals surface area contributed by atoms with Crippen molar-refractivity contribution in [1.82, 2.24) is 9.80 Å². The normalized spacial score (nSPS) is 20.0. The summed E-state index contributed by atoms with van der Waals surface area (Å²) in [6.45, 7) is 2.99. The van der Waals surface area contributed by atoms with Crippen LogP contribution in [0.3, 0.4) is 0 Å². The number of carbonyl (C=O) groups is 2. The number of amides is 2. The van der Waals surface area contributed by atoms with E-state index >= 15 is 0 Å². The van der Waals surface area contributed by atoms with Crippen molar-refractivity contribution in [1.29, 1.82) is 0 Å². The zero-order valence-corrected chi connectivity index (χ0v) is 19.7. The summed E-state index contributed by atoms with van der Waals surface area (Å²) in [5, 5.41) is 0. The van der Waals surface area contributed by atoms with Gasteiger partial charge in [0.15, 0.2) is 11.5 Å². The Kier molecular flexibility index (Phi) is 7.53. The zero-order valence-electron chi connectivity index (χ0n) is 19.7. The number of piperazine rings is 1. The molecule has 2 aromatic rings. The lowest BCUT2D eigenvalue weighted by molar-refractivity contribution is -0.159. The van der Waals surface area contributed by atoms with Gasteiger partial charge in [0, 0.05) is 12.6 Å². The highest BCUT2D eigenvalue weighted by molar-refractivity contribution is 5.96. The highest BCUT2D eigenvalue weighted by Crippen LogP contribution is 2.37. The molecule has 0 spiro atoms. The molecule has 2 aromatic carbocycles. The van der Waals surface area contributed by atoms with Crippen LogP contribution in [0.5, 0.6) is 11.5 Å². The summed E-state index contributed by atoms with van der Waals surface area (Å²) < 4.78 is 11.2. The average molecular weight is 451 g/mol. The van der Waals surface area contributed by atoms with Gasteiger partial charge in [-0.2, -0.15) is 0 Å². The van der Waals surface area contributed by atoms with Gasteiger partial charge in [-0.3, -0.25) is 9.59 Å². The number of ether oxygens (including phenoxy) is 2. The summed E-state index contributed by atoms with van der Waals surface area (Å²) in [6, 6.07) is 14.9. The van der Waals surface area contributed by atoms with Gasteiger partial charge < -0.3 is 19.3 Å². The van der Waals surface area contributed by atoms with Crippen LogP contribution in [0.15, 0.2) is 48.5 Å². The van der Waals surface area contributed by atoms with Crippen LogP contribution in [-0.4, -0.2) is 47.9 Å². The smallest absolute Gasteiger partial charge is 0.250 e. The zero-order chi connectivity index (χ0) is 23.2. The fourth-order valence-corrected chi connectivity index (χ4v) is 5.04. The van der Waals surface area contributed by atoms with Crippen LogP contribution in [0, 0.1) is 0 Å². The van der Waals surface area contributed by atoms with E-state index in [1.165, 1.54) is 12.8 Å². The first-order valence-electron chi connectivity index (χ1n) is 12.1. The minimum Gasteiger partial charge on any atom is -0.493 e. The van der Waals surface area contributed by atoms with Gasteiger partial charge in [0.25, 0.3) is 5.91 Å². The van der Waals surface area contributed by atoms with Gasteiger partial charge in [0.2, 0.25) is 5.91 Å². The highest BCUT2D eigenvalue weighted by Gasteiger charge is 2.43. The van der Waals surface area contributed by atoms with Crippen molar-refractivity contribution in [2.24, 2.45) is 0 Å². The van der Waals surface area contributed by atoms with Crippen LogP contribution in [0.4, 0.5) is 0 Å². The molecular weight excluding hydrogens is 416 g/mol. The maximum Gasteiger partial charge on any atom is 0.250 e. The quantitative estimate of drug-likeness (QED) is 0.573. The molecule has 2 aliphatic rings. The van der Waals surface area contributed by atoms with Gasteiger partial charge in [0.1, 0.15) is 12.6 Å².